The lowest BCUT2D eigenvalue weighted by atomic mass is 9.95. The zero-order valence-electron chi connectivity index (χ0n) is 19.1. The molecule has 0 radical (unpaired) electrons. The van der Waals surface area contributed by atoms with E-state index in [1.165, 1.54) is 0 Å². The second kappa shape index (κ2) is 10.1. The van der Waals surface area contributed by atoms with Gasteiger partial charge in [0.1, 0.15) is 31.1 Å². The lowest BCUT2D eigenvalue weighted by Crippen LogP contribution is -2.63. The molecule has 5 saturated heterocycles. The Morgan fingerprint density at radius 3 is 2.85 bits per heavy atom. The molecule has 5 fully saturated rings. The summed E-state index contributed by atoms with van der Waals surface area (Å²) in [5, 5.41) is 12.8. The van der Waals surface area contributed by atoms with Gasteiger partial charge < -0.3 is 38.6 Å². The van der Waals surface area contributed by atoms with E-state index in [0.717, 1.165) is 25.9 Å². The Hall–Kier alpha value is -1.36. The number of likely N-dealkylation sites (tertiary alicyclic amines) is 2. The van der Waals surface area contributed by atoms with Gasteiger partial charge in [-0.05, 0) is 32.4 Å². The van der Waals surface area contributed by atoms with E-state index in [0.29, 0.717) is 32.7 Å². The highest BCUT2D eigenvalue weighted by molar-refractivity contribution is 5.79. The number of carbonyl (C=O) groups is 1. The summed E-state index contributed by atoms with van der Waals surface area (Å²) < 4.78 is 34.4. The summed E-state index contributed by atoms with van der Waals surface area (Å²) in [6.07, 6.45) is 1.99. The number of hydrogen-bond donors (Lipinski definition) is 1. The van der Waals surface area contributed by atoms with Gasteiger partial charge in [-0.3, -0.25) is 9.69 Å². The SMILES string of the molecule is COCC1C[C@@H](C#N)N(C(=O)CNC2CCN(C[C@]34OCO[C@H]3[C@@H]3OCO[C@@H]3CO4)CC2)C1. The van der Waals surface area contributed by atoms with Gasteiger partial charge in [0.15, 0.2) is 6.79 Å². The first-order chi connectivity index (χ1) is 16.1. The average molecular weight is 467 g/mol. The molecule has 11 nitrogen and oxygen atoms in total. The lowest BCUT2D eigenvalue weighted by molar-refractivity contribution is -0.270. The zero-order valence-corrected chi connectivity index (χ0v) is 19.1. The Balaban J connectivity index is 1.07. The first-order valence-corrected chi connectivity index (χ1v) is 11.9. The molecule has 5 rings (SSSR count). The molecule has 184 valence electrons. The summed E-state index contributed by atoms with van der Waals surface area (Å²) in [4.78, 5) is 16.8. The van der Waals surface area contributed by atoms with Crippen LogP contribution in [-0.4, -0.2) is 119 Å². The third-order valence-corrected chi connectivity index (χ3v) is 7.52. The summed E-state index contributed by atoms with van der Waals surface area (Å²) in [7, 11) is 1.65. The zero-order chi connectivity index (χ0) is 22.8. The molecule has 1 unspecified atom stereocenters. The molecule has 5 heterocycles. The monoisotopic (exact) mass is 466 g/mol. The molecule has 5 aliphatic rings. The summed E-state index contributed by atoms with van der Waals surface area (Å²) in [6.45, 7) is 4.70. The van der Waals surface area contributed by atoms with Crippen molar-refractivity contribution in [2.75, 3.05) is 66.6 Å². The first kappa shape index (κ1) is 23.4. The summed E-state index contributed by atoms with van der Waals surface area (Å²) >= 11 is 0. The van der Waals surface area contributed by atoms with Crippen LogP contribution in [-0.2, 0) is 33.2 Å². The van der Waals surface area contributed by atoms with Gasteiger partial charge in [-0.25, -0.2) is 0 Å². The lowest BCUT2D eigenvalue weighted by Gasteiger charge is -2.44. The van der Waals surface area contributed by atoms with E-state index >= 15 is 0 Å². The van der Waals surface area contributed by atoms with Crippen LogP contribution in [0, 0.1) is 17.2 Å². The molecule has 0 aromatic rings. The van der Waals surface area contributed by atoms with Gasteiger partial charge >= 0.3 is 0 Å². The van der Waals surface area contributed by atoms with Crippen LogP contribution in [0.3, 0.4) is 0 Å². The summed E-state index contributed by atoms with van der Waals surface area (Å²) in [5.41, 5.74) is 0. The number of hydrogen-bond acceptors (Lipinski definition) is 10. The molecule has 0 bridgehead atoms. The van der Waals surface area contributed by atoms with Crippen molar-refractivity contribution in [1.82, 2.24) is 15.1 Å². The molecule has 11 heteroatoms. The van der Waals surface area contributed by atoms with Gasteiger partial charge in [0, 0.05) is 25.6 Å². The van der Waals surface area contributed by atoms with Crippen molar-refractivity contribution in [2.45, 2.75) is 55.4 Å². The number of carbonyl (C=O) groups excluding carboxylic acids is 1. The Morgan fingerprint density at radius 2 is 2.06 bits per heavy atom. The Labute approximate surface area is 194 Å². The van der Waals surface area contributed by atoms with Gasteiger partial charge in [0.25, 0.3) is 0 Å². The minimum absolute atomic E-state index is 0.00948. The topological polar surface area (TPSA) is 115 Å². The molecule has 0 aliphatic carbocycles. The van der Waals surface area contributed by atoms with Crippen LogP contribution in [0.25, 0.3) is 0 Å². The van der Waals surface area contributed by atoms with Crippen molar-refractivity contribution in [3.05, 3.63) is 0 Å². The van der Waals surface area contributed by atoms with Crippen LogP contribution in [0.5, 0.6) is 0 Å². The number of methoxy groups -OCH3 is 1. The number of nitriles is 1. The molecule has 0 spiro atoms. The molecule has 33 heavy (non-hydrogen) atoms. The fourth-order valence-corrected chi connectivity index (χ4v) is 5.74. The number of piperidine rings is 1. The maximum atomic E-state index is 12.7. The van der Waals surface area contributed by atoms with E-state index in [1.54, 1.807) is 12.0 Å². The largest absolute Gasteiger partial charge is 0.384 e. The molecular weight excluding hydrogens is 432 g/mol. The van der Waals surface area contributed by atoms with E-state index in [2.05, 4.69) is 16.3 Å². The Bertz CT molecular complexity index is 743. The molecular formula is C22H34N4O7. The minimum atomic E-state index is -0.814. The van der Waals surface area contributed by atoms with E-state index in [9.17, 15) is 10.1 Å². The molecule has 0 aromatic heterocycles. The fraction of sp³-hybridized carbons (Fsp3) is 0.909. The molecule has 6 atom stereocenters. The summed E-state index contributed by atoms with van der Waals surface area (Å²) in [5.74, 6) is -0.591. The summed E-state index contributed by atoms with van der Waals surface area (Å²) in [6, 6.07) is 2.17. The number of rotatable bonds is 7. The number of nitrogens with one attached hydrogen (secondary N) is 1. The van der Waals surface area contributed by atoms with Crippen molar-refractivity contribution in [1.29, 1.82) is 5.26 Å². The predicted octanol–water partition coefficient (Wildman–Crippen LogP) is -0.732. The van der Waals surface area contributed by atoms with Gasteiger partial charge in [0.05, 0.1) is 32.4 Å². The third-order valence-electron chi connectivity index (χ3n) is 7.52. The number of ether oxygens (including phenoxy) is 6. The molecule has 0 aromatic carbocycles. The standard InChI is InChI=1S/C22H34N4O7/c1-28-10-15-6-17(7-23)26(9-15)19(27)8-24-16-2-4-25(5-3-16)12-22-21(31-14-33-22)20-18(11-32-22)29-13-30-20/h15-18,20-21,24H,2-6,8-14H2,1H3/t15?,17-,18+,20+,21-,22-/m0/s1. The van der Waals surface area contributed by atoms with Gasteiger partial charge in [-0.2, -0.15) is 5.26 Å². The minimum Gasteiger partial charge on any atom is -0.384 e. The smallest absolute Gasteiger partial charge is 0.237 e. The van der Waals surface area contributed by atoms with E-state index in [4.69, 9.17) is 28.4 Å². The third kappa shape index (κ3) is 4.76. The maximum absolute atomic E-state index is 12.7. The Kier molecular flexibility index (Phi) is 7.15. The van der Waals surface area contributed by atoms with Gasteiger partial charge in [0.2, 0.25) is 11.7 Å². The second-order valence-corrected chi connectivity index (χ2v) is 9.61. The highest BCUT2D eigenvalue weighted by atomic mass is 16.8. The van der Waals surface area contributed by atoms with Gasteiger partial charge in [-0.15, -0.1) is 0 Å². The van der Waals surface area contributed by atoms with Crippen LogP contribution < -0.4 is 5.32 Å². The quantitative estimate of drug-likeness (QED) is 0.515. The average Bonchev–Trinajstić information content (AvgIpc) is 3.56. The molecule has 1 N–H and O–H groups in total. The van der Waals surface area contributed by atoms with Crippen LogP contribution in [0.1, 0.15) is 19.3 Å². The number of amides is 1. The highest BCUT2D eigenvalue weighted by Crippen LogP contribution is 2.39. The van der Waals surface area contributed by atoms with Crippen molar-refractivity contribution >= 4 is 5.91 Å². The Morgan fingerprint density at radius 1 is 1.21 bits per heavy atom. The second-order valence-electron chi connectivity index (χ2n) is 9.61. The number of fused-ring (bicyclic) bond motifs is 3. The van der Waals surface area contributed by atoms with Crippen LogP contribution >= 0.6 is 0 Å². The number of nitrogens with zero attached hydrogens (tertiary/aromatic N) is 3. The van der Waals surface area contributed by atoms with E-state index in [-0.39, 0.29) is 62.4 Å². The molecule has 0 saturated carbocycles. The maximum Gasteiger partial charge on any atom is 0.237 e. The molecule has 5 aliphatic heterocycles. The van der Waals surface area contributed by atoms with Gasteiger partial charge in [-0.1, -0.05) is 0 Å². The normalized spacial score (nSPS) is 39.4. The van der Waals surface area contributed by atoms with E-state index in [1.807, 2.05) is 0 Å². The fourth-order valence-electron chi connectivity index (χ4n) is 5.74. The van der Waals surface area contributed by atoms with Crippen molar-refractivity contribution in [3.63, 3.8) is 0 Å². The predicted molar refractivity (Wildman–Crippen MR) is 113 cm³/mol. The molecule has 1 amide bonds. The highest BCUT2D eigenvalue weighted by Gasteiger charge is 2.59. The van der Waals surface area contributed by atoms with Crippen LogP contribution in [0.4, 0.5) is 0 Å². The van der Waals surface area contributed by atoms with E-state index < -0.39 is 5.79 Å². The van der Waals surface area contributed by atoms with Crippen molar-refractivity contribution in [3.8, 4) is 6.07 Å². The van der Waals surface area contributed by atoms with Crippen molar-refractivity contribution in [2.24, 2.45) is 5.92 Å². The van der Waals surface area contributed by atoms with Crippen molar-refractivity contribution < 1.29 is 33.2 Å². The van der Waals surface area contributed by atoms with Crippen LogP contribution in [0.15, 0.2) is 0 Å². The van der Waals surface area contributed by atoms with Crippen LogP contribution in [0.2, 0.25) is 0 Å². The first-order valence-electron chi connectivity index (χ1n) is 11.9.